The highest BCUT2D eigenvalue weighted by Crippen LogP contribution is 2.23. The van der Waals surface area contributed by atoms with Gasteiger partial charge in [0.25, 0.3) is 11.8 Å². The molecule has 1 aliphatic rings. The maximum Gasteiger partial charge on any atom is 0.351 e. The monoisotopic (exact) mass is 435 g/mol. The molecule has 0 spiro atoms. The van der Waals surface area contributed by atoms with Crippen LogP contribution in [-0.4, -0.2) is 43.2 Å². The first kappa shape index (κ1) is 21.1. The van der Waals surface area contributed by atoms with E-state index in [0.717, 1.165) is 18.2 Å². The summed E-state index contributed by atoms with van der Waals surface area (Å²) in [6, 6.07) is 7.70. The third kappa shape index (κ3) is 4.18. The van der Waals surface area contributed by atoms with Crippen LogP contribution in [-0.2, 0) is 24.4 Å². The molecule has 3 rings (SSSR count). The molecule has 1 unspecified atom stereocenters. The van der Waals surface area contributed by atoms with Crippen molar-refractivity contribution in [3.05, 3.63) is 65.5 Å². The van der Waals surface area contributed by atoms with Crippen molar-refractivity contribution >= 4 is 33.7 Å². The SMILES string of the molecule is NC(=O)CC(NS(=O)(=O)c1cccc(F)c1)C(=O)ON1C(=O)c2ccccc2C1=O. The van der Waals surface area contributed by atoms with E-state index in [9.17, 15) is 32.0 Å². The van der Waals surface area contributed by atoms with E-state index >= 15 is 0 Å². The van der Waals surface area contributed by atoms with Gasteiger partial charge in [0, 0.05) is 0 Å². The molecule has 3 N–H and O–H groups in total. The van der Waals surface area contributed by atoms with Gasteiger partial charge in [0.2, 0.25) is 15.9 Å². The highest BCUT2D eigenvalue weighted by molar-refractivity contribution is 7.89. The third-order valence-corrected chi connectivity index (χ3v) is 5.50. The van der Waals surface area contributed by atoms with Crippen molar-refractivity contribution in [3.8, 4) is 0 Å². The summed E-state index contributed by atoms with van der Waals surface area (Å²) < 4.78 is 40.1. The summed E-state index contributed by atoms with van der Waals surface area (Å²) in [7, 11) is -4.47. The highest BCUT2D eigenvalue weighted by Gasteiger charge is 2.40. The van der Waals surface area contributed by atoms with Crippen LogP contribution >= 0.6 is 0 Å². The largest absolute Gasteiger partial charge is 0.370 e. The van der Waals surface area contributed by atoms with Crippen molar-refractivity contribution in [2.75, 3.05) is 0 Å². The van der Waals surface area contributed by atoms with Gasteiger partial charge in [0.15, 0.2) is 0 Å². The zero-order valence-corrected chi connectivity index (χ0v) is 15.9. The van der Waals surface area contributed by atoms with E-state index in [1.54, 1.807) is 0 Å². The summed E-state index contributed by atoms with van der Waals surface area (Å²) in [5, 5.41) is 0.164. The summed E-state index contributed by atoms with van der Waals surface area (Å²) in [4.78, 5) is 52.6. The Morgan fingerprint density at radius 1 is 1.07 bits per heavy atom. The summed E-state index contributed by atoms with van der Waals surface area (Å²) in [6.07, 6.45) is -0.837. The van der Waals surface area contributed by atoms with Crippen molar-refractivity contribution < 1.29 is 36.8 Å². The number of amides is 3. The number of carbonyl (C=O) groups excluding carboxylic acids is 4. The number of sulfonamides is 1. The zero-order chi connectivity index (χ0) is 22.1. The van der Waals surface area contributed by atoms with Gasteiger partial charge in [-0.15, -0.1) is 0 Å². The van der Waals surface area contributed by atoms with Gasteiger partial charge in [-0.2, -0.15) is 4.72 Å². The number of halogens is 1. The molecule has 30 heavy (non-hydrogen) atoms. The molecule has 0 radical (unpaired) electrons. The Balaban J connectivity index is 1.82. The van der Waals surface area contributed by atoms with Crippen molar-refractivity contribution in [1.82, 2.24) is 9.79 Å². The molecule has 1 heterocycles. The van der Waals surface area contributed by atoms with Gasteiger partial charge in [0.05, 0.1) is 22.4 Å². The Morgan fingerprint density at radius 3 is 2.20 bits per heavy atom. The minimum Gasteiger partial charge on any atom is -0.370 e. The zero-order valence-electron chi connectivity index (χ0n) is 15.1. The van der Waals surface area contributed by atoms with E-state index in [1.807, 2.05) is 4.72 Å². The average Bonchev–Trinajstić information content (AvgIpc) is 2.92. The molecule has 1 aliphatic heterocycles. The topological polar surface area (TPSA) is 153 Å². The molecule has 10 nitrogen and oxygen atoms in total. The number of fused-ring (bicyclic) bond motifs is 1. The first-order chi connectivity index (χ1) is 14.1. The van der Waals surface area contributed by atoms with Crippen LogP contribution < -0.4 is 10.5 Å². The van der Waals surface area contributed by atoms with Crippen molar-refractivity contribution in [2.24, 2.45) is 5.73 Å². The quantitative estimate of drug-likeness (QED) is 0.585. The van der Waals surface area contributed by atoms with E-state index in [2.05, 4.69) is 0 Å². The molecule has 0 saturated heterocycles. The van der Waals surface area contributed by atoms with Gasteiger partial charge in [-0.1, -0.05) is 23.3 Å². The van der Waals surface area contributed by atoms with Crippen LogP contribution in [0.5, 0.6) is 0 Å². The van der Waals surface area contributed by atoms with Gasteiger partial charge in [-0.05, 0) is 30.3 Å². The van der Waals surface area contributed by atoms with Crippen LogP contribution in [0.2, 0.25) is 0 Å². The fraction of sp³-hybridized carbons (Fsp3) is 0.111. The maximum absolute atomic E-state index is 13.4. The van der Waals surface area contributed by atoms with Gasteiger partial charge < -0.3 is 10.6 Å². The standard InChI is InChI=1S/C18H14FN3O7S/c19-10-4-3-5-11(8-10)30(27,28)21-14(9-15(20)23)18(26)29-22-16(24)12-6-1-2-7-13(12)17(22)25/h1-8,14,21H,9H2,(H2,20,23). The van der Waals surface area contributed by atoms with Crippen LogP contribution in [0.3, 0.4) is 0 Å². The lowest BCUT2D eigenvalue weighted by Gasteiger charge is -2.19. The Morgan fingerprint density at radius 2 is 1.67 bits per heavy atom. The van der Waals surface area contributed by atoms with E-state index < -0.39 is 56.9 Å². The number of hydrogen-bond donors (Lipinski definition) is 2. The highest BCUT2D eigenvalue weighted by atomic mass is 32.2. The number of nitrogens with two attached hydrogens (primary N) is 1. The number of rotatable bonds is 7. The molecule has 2 aromatic rings. The Bertz CT molecular complexity index is 1130. The predicted octanol–water partition coefficient (Wildman–Crippen LogP) is 0.102. The van der Waals surface area contributed by atoms with E-state index in [4.69, 9.17) is 10.6 Å². The van der Waals surface area contributed by atoms with Crippen LogP contribution in [0.1, 0.15) is 27.1 Å². The van der Waals surface area contributed by atoms with Crippen molar-refractivity contribution in [2.45, 2.75) is 17.4 Å². The lowest BCUT2D eigenvalue weighted by Crippen LogP contribution is -2.47. The van der Waals surface area contributed by atoms with Crippen molar-refractivity contribution in [1.29, 1.82) is 0 Å². The van der Waals surface area contributed by atoms with Gasteiger partial charge >= 0.3 is 5.97 Å². The van der Waals surface area contributed by atoms with Crippen LogP contribution in [0, 0.1) is 5.82 Å². The lowest BCUT2D eigenvalue weighted by molar-refractivity contribution is -0.171. The summed E-state index contributed by atoms with van der Waals surface area (Å²) >= 11 is 0. The van der Waals surface area contributed by atoms with Crippen LogP contribution in [0.4, 0.5) is 4.39 Å². The number of nitrogens with one attached hydrogen (secondary N) is 1. The normalized spacial score (nSPS) is 14.4. The molecule has 0 aromatic heterocycles. The second kappa shape index (κ2) is 8.00. The first-order valence-corrected chi connectivity index (χ1v) is 9.84. The Kier molecular flexibility index (Phi) is 5.62. The number of primary amides is 1. The fourth-order valence-corrected chi connectivity index (χ4v) is 3.88. The van der Waals surface area contributed by atoms with Crippen molar-refractivity contribution in [3.63, 3.8) is 0 Å². The van der Waals surface area contributed by atoms with Gasteiger partial charge in [-0.3, -0.25) is 14.4 Å². The minimum atomic E-state index is -4.47. The molecule has 0 saturated carbocycles. The Hall–Kier alpha value is -3.64. The predicted molar refractivity (Wildman–Crippen MR) is 97.4 cm³/mol. The maximum atomic E-state index is 13.4. The molecule has 1 atom stereocenters. The number of hydrogen-bond acceptors (Lipinski definition) is 7. The summed E-state index contributed by atoms with van der Waals surface area (Å²) in [5.41, 5.74) is 5.03. The summed E-state index contributed by atoms with van der Waals surface area (Å²) in [6.45, 7) is 0. The average molecular weight is 435 g/mol. The van der Waals surface area contributed by atoms with E-state index in [0.29, 0.717) is 6.07 Å². The molecular weight excluding hydrogens is 421 g/mol. The van der Waals surface area contributed by atoms with Gasteiger partial charge in [-0.25, -0.2) is 17.6 Å². The molecule has 3 amide bonds. The van der Waals surface area contributed by atoms with Crippen LogP contribution in [0.15, 0.2) is 53.4 Å². The summed E-state index contributed by atoms with van der Waals surface area (Å²) in [5.74, 6) is -5.22. The number of imide groups is 1. The molecule has 0 fully saturated rings. The second-order valence-electron chi connectivity index (χ2n) is 6.16. The minimum absolute atomic E-state index is 0.0120. The van der Waals surface area contributed by atoms with E-state index in [1.165, 1.54) is 24.3 Å². The number of carbonyl (C=O) groups is 4. The number of hydroxylamine groups is 2. The lowest BCUT2D eigenvalue weighted by atomic mass is 10.1. The number of nitrogens with zero attached hydrogens (tertiary/aromatic N) is 1. The molecular formula is C18H14FN3O7S. The molecule has 0 bridgehead atoms. The molecule has 12 heteroatoms. The van der Waals surface area contributed by atoms with Gasteiger partial charge in [0.1, 0.15) is 11.9 Å². The number of benzene rings is 2. The van der Waals surface area contributed by atoms with E-state index in [-0.39, 0.29) is 16.2 Å². The van der Waals surface area contributed by atoms with Crippen LogP contribution in [0.25, 0.3) is 0 Å². The third-order valence-electron chi connectivity index (χ3n) is 4.03. The fourth-order valence-electron chi connectivity index (χ4n) is 2.67. The first-order valence-electron chi connectivity index (χ1n) is 8.36. The Labute approximate surface area is 169 Å². The molecule has 2 aromatic carbocycles. The molecule has 0 aliphatic carbocycles. The molecule has 156 valence electrons. The smallest absolute Gasteiger partial charge is 0.351 e. The second-order valence-corrected chi connectivity index (χ2v) is 7.88.